The zero-order valence-electron chi connectivity index (χ0n) is 14.3. The molecule has 1 saturated heterocycles. The van der Waals surface area contributed by atoms with Gasteiger partial charge >= 0.3 is 6.09 Å². The van der Waals surface area contributed by atoms with E-state index in [1.165, 1.54) is 11.2 Å². The van der Waals surface area contributed by atoms with Crippen LogP contribution in [0, 0.1) is 0 Å². The second-order valence-corrected chi connectivity index (χ2v) is 7.04. The number of benzene rings is 1. The summed E-state index contributed by atoms with van der Waals surface area (Å²) in [4.78, 5) is 21.2. The normalized spacial score (nSPS) is 20.2. The number of halogens is 2. The third kappa shape index (κ3) is 3.12. The van der Waals surface area contributed by atoms with Crippen LogP contribution in [-0.4, -0.2) is 49.9 Å². The van der Waals surface area contributed by atoms with E-state index in [-0.39, 0.29) is 12.1 Å². The first-order chi connectivity index (χ1) is 13.0. The van der Waals surface area contributed by atoms with E-state index in [4.69, 9.17) is 27.9 Å². The van der Waals surface area contributed by atoms with Gasteiger partial charge in [-0.3, -0.25) is 9.47 Å². The zero-order chi connectivity index (χ0) is 19.1. The van der Waals surface area contributed by atoms with E-state index in [1.807, 2.05) is 31.2 Å². The molecule has 1 fully saturated rings. The van der Waals surface area contributed by atoms with E-state index in [9.17, 15) is 9.90 Å². The van der Waals surface area contributed by atoms with Crippen LogP contribution in [0.3, 0.4) is 0 Å². The van der Waals surface area contributed by atoms with E-state index in [1.54, 1.807) is 10.6 Å². The fourth-order valence-electron chi connectivity index (χ4n) is 3.51. The van der Waals surface area contributed by atoms with Crippen LogP contribution in [0.2, 0.25) is 10.3 Å². The maximum Gasteiger partial charge on any atom is 0.407 e. The van der Waals surface area contributed by atoms with Crippen LogP contribution in [0.15, 0.2) is 36.7 Å². The maximum atomic E-state index is 11.6. The quantitative estimate of drug-likeness (QED) is 0.645. The first-order valence-electron chi connectivity index (χ1n) is 8.36. The predicted molar refractivity (Wildman–Crippen MR) is 102 cm³/mol. The summed E-state index contributed by atoms with van der Waals surface area (Å²) in [5.74, 6) is 0. The third-order valence-corrected chi connectivity index (χ3v) is 5.31. The number of fused-ring (bicyclic) bond motifs is 1. The molecule has 0 unspecified atom stereocenters. The van der Waals surface area contributed by atoms with Crippen molar-refractivity contribution in [2.45, 2.75) is 19.1 Å². The van der Waals surface area contributed by atoms with Crippen molar-refractivity contribution >= 4 is 40.3 Å². The maximum absolute atomic E-state index is 11.6. The third-order valence-electron chi connectivity index (χ3n) is 4.73. The minimum absolute atomic E-state index is 0.233. The van der Waals surface area contributed by atoms with Crippen molar-refractivity contribution in [3.63, 3.8) is 0 Å². The van der Waals surface area contributed by atoms with Gasteiger partial charge in [0.1, 0.15) is 16.6 Å². The Hall–Kier alpha value is -2.35. The lowest BCUT2D eigenvalue weighted by molar-refractivity contribution is -0.0532. The number of hydrogen-bond donors (Lipinski definition) is 1. The van der Waals surface area contributed by atoms with E-state index < -0.39 is 6.09 Å². The summed E-state index contributed by atoms with van der Waals surface area (Å²) in [5, 5.41) is 11.0. The smallest absolute Gasteiger partial charge is 0.407 e. The summed E-state index contributed by atoms with van der Waals surface area (Å²) in [6.07, 6.45) is 0.200. The molecule has 1 amide bonds. The van der Waals surface area contributed by atoms with Crippen LogP contribution in [0.1, 0.15) is 18.5 Å². The molecule has 9 heteroatoms. The molecule has 1 aliphatic rings. The number of morpholine rings is 1. The molecule has 7 nitrogen and oxygen atoms in total. The Morgan fingerprint density at radius 1 is 1.26 bits per heavy atom. The Morgan fingerprint density at radius 2 is 2.00 bits per heavy atom. The average Bonchev–Trinajstić information content (AvgIpc) is 2.99. The van der Waals surface area contributed by atoms with E-state index in [2.05, 4.69) is 9.97 Å². The summed E-state index contributed by atoms with van der Waals surface area (Å²) in [6.45, 7) is 2.62. The first-order valence-corrected chi connectivity index (χ1v) is 9.12. The molecule has 0 saturated carbocycles. The summed E-state index contributed by atoms with van der Waals surface area (Å²) in [7, 11) is 0. The average molecular weight is 407 g/mol. The Balaban J connectivity index is 1.74. The SMILES string of the molecule is C[C@H]1OCCN(C(=O)O)[C@@H]1c1ccc(-n2c(Cl)cc3c(Cl)ncnc32)cc1. The highest BCUT2D eigenvalue weighted by atomic mass is 35.5. The molecule has 0 bridgehead atoms. The van der Waals surface area contributed by atoms with Gasteiger partial charge in [0.2, 0.25) is 0 Å². The van der Waals surface area contributed by atoms with Crippen molar-refractivity contribution in [3.8, 4) is 5.69 Å². The first kappa shape index (κ1) is 18.0. The summed E-state index contributed by atoms with van der Waals surface area (Å²) >= 11 is 12.5. The number of hydrogen-bond acceptors (Lipinski definition) is 4. The van der Waals surface area contributed by atoms with Gasteiger partial charge in [0.05, 0.1) is 24.1 Å². The van der Waals surface area contributed by atoms with Gasteiger partial charge in [-0.05, 0) is 30.7 Å². The fourth-order valence-corrected chi connectivity index (χ4v) is 3.97. The Bertz CT molecular complexity index is 1010. The molecule has 140 valence electrons. The monoisotopic (exact) mass is 406 g/mol. The lowest BCUT2D eigenvalue weighted by Crippen LogP contribution is -2.46. The van der Waals surface area contributed by atoms with Crippen LogP contribution in [0.25, 0.3) is 16.7 Å². The molecule has 1 aromatic carbocycles. The van der Waals surface area contributed by atoms with Gasteiger partial charge in [0.15, 0.2) is 5.65 Å². The Labute approximate surface area is 165 Å². The number of carboxylic acid groups (broad SMARTS) is 1. The number of rotatable bonds is 2. The number of ether oxygens (including phenoxy) is 1. The topological polar surface area (TPSA) is 80.5 Å². The van der Waals surface area contributed by atoms with Crippen molar-refractivity contribution in [2.75, 3.05) is 13.2 Å². The number of nitrogens with zero attached hydrogens (tertiary/aromatic N) is 4. The van der Waals surface area contributed by atoms with Gasteiger partial charge in [0, 0.05) is 12.2 Å². The van der Waals surface area contributed by atoms with Crippen molar-refractivity contribution in [1.82, 2.24) is 19.4 Å². The largest absolute Gasteiger partial charge is 0.465 e. The molecule has 1 N–H and O–H groups in total. The van der Waals surface area contributed by atoms with Crippen LogP contribution in [0.5, 0.6) is 0 Å². The number of amides is 1. The Morgan fingerprint density at radius 3 is 2.70 bits per heavy atom. The van der Waals surface area contributed by atoms with Gasteiger partial charge < -0.3 is 9.84 Å². The second-order valence-electron chi connectivity index (χ2n) is 6.29. The molecule has 4 rings (SSSR count). The van der Waals surface area contributed by atoms with E-state index in [0.717, 1.165) is 11.3 Å². The van der Waals surface area contributed by atoms with Crippen molar-refractivity contribution in [3.05, 3.63) is 52.5 Å². The molecule has 0 spiro atoms. The second kappa shape index (κ2) is 6.99. The molecule has 1 aliphatic heterocycles. The molecule has 3 heterocycles. The van der Waals surface area contributed by atoms with E-state index >= 15 is 0 Å². The molecule has 27 heavy (non-hydrogen) atoms. The molecule has 2 atom stereocenters. The van der Waals surface area contributed by atoms with Crippen molar-refractivity contribution in [2.24, 2.45) is 0 Å². The van der Waals surface area contributed by atoms with Crippen LogP contribution >= 0.6 is 23.2 Å². The van der Waals surface area contributed by atoms with Gasteiger partial charge in [0.25, 0.3) is 0 Å². The van der Waals surface area contributed by atoms with Crippen molar-refractivity contribution < 1.29 is 14.6 Å². The molecule has 3 aromatic rings. The number of aromatic nitrogens is 3. The lowest BCUT2D eigenvalue weighted by atomic mass is 9.99. The Kier molecular flexibility index (Phi) is 4.67. The highest BCUT2D eigenvalue weighted by molar-refractivity contribution is 6.36. The summed E-state index contributed by atoms with van der Waals surface area (Å²) in [5.41, 5.74) is 2.25. The number of carbonyl (C=O) groups is 1. The predicted octanol–water partition coefficient (Wildman–Crippen LogP) is 4.17. The minimum Gasteiger partial charge on any atom is -0.465 e. The molecular formula is C18H16Cl2N4O3. The van der Waals surface area contributed by atoms with Crippen molar-refractivity contribution in [1.29, 1.82) is 0 Å². The molecular weight excluding hydrogens is 391 g/mol. The zero-order valence-corrected chi connectivity index (χ0v) is 15.9. The van der Waals surface area contributed by atoms with Crippen LogP contribution in [-0.2, 0) is 4.74 Å². The molecule has 0 aliphatic carbocycles. The highest BCUT2D eigenvalue weighted by Crippen LogP contribution is 2.33. The van der Waals surface area contributed by atoms with Crippen LogP contribution < -0.4 is 0 Å². The standard InChI is InChI=1S/C18H16Cl2N4O3/c1-10-15(23(18(25)26)6-7-27-10)11-2-4-12(5-3-11)24-14(19)8-13-16(20)21-9-22-17(13)24/h2-5,8-10,15H,6-7H2,1H3,(H,25,26)/t10-,15+/m1/s1. The lowest BCUT2D eigenvalue weighted by Gasteiger charge is -2.38. The van der Waals surface area contributed by atoms with Crippen LogP contribution in [0.4, 0.5) is 4.79 Å². The molecule has 0 radical (unpaired) electrons. The summed E-state index contributed by atoms with van der Waals surface area (Å²) < 4.78 is 7.42. The fraction of sp³-hybridized carbons (Fsp3) is 0.278. The molecule has 2 aromatic heterocycles. The van der Waals surface area contributed by atoms with Gasteiger partial charge in [-0.25, -0.2) is 14.8 Å². The summed E-state index contributed by atoms with van der Waals surface area (Å²) in [6, 6.07) is 8.86. The minimum atomic E-state index is -0.954. The van der Waals surface area contributed by atoms with Gasteiger partial charge in [-0.2, -0.15) is 0 Å². The van der Waals surface area contributed by atoms with Gasteiger partial charge in [-0.1, -0.05) is 35.3 Å². The van der Waals surface area contributed by atoms with Gasteiger partial charge in [-0.15, -0.1) is 0 Å². The highest BCUT2D eigenvalue weighted by Gasteiger charge is 2.33. The van der Waals surface area contributed by atoms with E-state index in [0.29, 0.717) is 34.5 Å².